The predicted octanol–water partition coefficient (Wildman–Crippen LogP) is 20.2. The Hall–Kier alpha value is -9.18. The number of ketones is 2. The van der Waals surface area contributed by atoms with E-state index in [4.69, 9.17) is 21.1 Å². The first-order chi connectivity index (χ1) is 45.8. The Morgan fingerprint density at radius 1 is 0.463 bits per heavy atom. The number of fused-ring (bicyclic) bond motifs is 1. The van der Waals surface area contributed by atoms with E-state index in [0.717, 1.165) is 69.7 Å². The van der Waals surface area contributed by atoms with Crippen molar-refractivity contribution in [2.24, 2.45) is 17.3 Å². The largest absolute Gasteiger partial charge is 0.486 e. The van der Waals surface area contributed by atoms with Gasteiger partial charge in [-0.3, -0.25) is 14.4 Å². The van der Waals surface area contributed by atoms with Gasteiger partial charge in [0.2, 0.25) is 0 Å². The maximum atomic E-state index is 11.7. The van der Waals surface area contributed by atoms with Crippen LogP contribution in [-0.4, -0.2) is 59.3 Å². The molecule has 9 heteroatoms. The van der Waals surface area contributed by atoms with Crippen molar-refractivity contribution in [3.63, 3.8) is 0 Å². The van der Waals surface area contributed by atoms with Gasteiger partial charge < -0.3 is 24.8 Å². The summed E-state index contributed by atoms with van der Waals surface area (Å²) in [7, 11) is 0. The number of carbonyl (C=O) groups excluding carboxylic acids is 2. The summed E-state index contributed by atoms with van der Waals surface area (Å²) in [4.78, 5) is 34.8. The first-order valence-electron chi connectivity index (χ1n) is 33.1. The number of carboxylic acid groups (broad SMARTS) is 1. The van der Waals surface area contributed by atoms with Crippen LogP contribution < -0.4 is 9.47 Å². The van der Waals surface area contributed by atoms with E-state index < -0.39 is 11.4 Å². The number of aliphatic hydroxyl groups is 2. The van der Waals surface area contributed by atoms with E-state index in [9.17, 15) is 29.7 Å². The third kappa shape index (κ3) is 19.7. The molecule has 1 heterocycles. The number of hydrogen-bond donors (Lipinski definition) is 3. The molecule has 3 atom stereocenters. The number of aliphatic carboxylic acids is 1. The Morgan fingerprint density at radius 2 is 0.863 bits per heavy atom. The molecule has 10 rings (SSSR count). The van der Waals surface area contributed by atoms with Gasteiger partial charge in [0, 0.05) is 16.9 Å². The molecule has 9 aromatic carbocycles. The average molecular weight is 1290 g/mol. The molecule has 0 fully saturated rings. The van der Waals surface area contributed by atoms with E-state index in [2.05, 4.69) is 223 Å². The second-order valence-electron chi connectivity index (χ2n) is 25.2. The minimum absolute atomic E-state index is 0.0281. The molecule has 1 aliphatic rings. The SMILES string of the molecule is CC(=O)C(CO)CCc1ccc(C)c(C=Cc2cccc(-c3ccccc3)c2C)c1.CC(=O)C(CO)CCc1ccc(Cl)c(C=Cc2cccc(-c3ccccc3)c2C)c1.CCC(C)(CCc1ccc(C)c(C=Cc2cccc(-c3ccc4c(c3)OCCO4)c2C)c1)C(=O)O. The van der Waals surface area contributed by atoms with Crippen LogP contribution in [0.25, 0.3) is 69.8 Å². The van der Waals surface area contributed by atoms with Gasteiger partial charge in [-0.2, -0.15) is 0 Å². The molecule has 0 saturated heterocycles. The van der Waals surface area contributed by atoms with Crippen molar-refractivity contribution in [3.8, 4) is 44.9 Å². The number of benzene rings is 9. The van der Waals surface area contributed by atoms with Gasteiger partial charge in [0.25, 0.3) is 0 Å². The van der Waals surface area contributed by atoms with Crippen LogP contribution in [0.5, 0.6) is 11.5 Å². The highest BCUT2D eigenvalue weighted by atomic mass is 35.5. The van der Waals surface area contributed by atoms with Crippen molar-refractivity contribution in [2.75, 3.05) is 26.4 Å². The summed E-state index contributed by atoms with van der Waals surface area (Å²) in [5, 5.41) is 29.0. The average Bonchev–Trinajstić information content (AvgIpc) is 1.16. The molecule has 490 valence electrons. The number of rotatable bonds is 24. The summed E-state index contributed by atoms with van der Waals surface area (Å²) in [6, 6.07) is 64.8. The second kappa shape index (κ2) is 34.8. The minimum atomic E-state index is -0.722. The minimum Gasteiger partial charge on any atom is -0.486 e. The number of carboxylic acids is 1. The third-order valence-electron chi connectivity index (χ3n) is 18.6. The summed E-state index contributed by atoms with van der Waals surface area (Å²) in [5.74, 6) is 0.381. The van der Waals surface area contributed by atoms with Crippen LogP contribution >= 0.6 is 11.6 Å². The van der Waals surface area contributed by atoms with Gasteiger partial charge in [-0.1, -0.05) is 225 Å². The van der Waals surface area contributed by atoms with Crippen molar-refractivity contribution >= 4 is 65.6 Å². The normalized spacial score (nSPS) is 13.1. The number of carbonyl (C=O) groups is 3. The lowest BCUT2D eigenvalue weighted by molar-refractivity contribution is -0.148. The van der Waals surface area contributed by atoms with Gasteiger partial charge in [0.05, 0.1) is 18.6 Å². The maximum Gasteiger partial charge on any atom is 0.309 e. The molecule has 0 amide bonds. The monoisotopic (exact) mass is 1290 g/mol. The summed E-state index contributed by atoms with van der Waals surface area (Å²) in [6.45, 7) is 18.5. The lowest BCUT2D eigenvalue weighted by atomic mass is 9.81. The lowest BCUT2D eigenvalue weighted by Gasteiger charge is -2.22. The Kier molecular flexibility index (Phi) is 26.3. The zero-order chi connectivity index (χ0) is 68.0. The Labute approximate surface area is 568 Å². The van der Waals surface area contributed by atoms with Crippen LogP contribution in [0, 0.1) is 51.9 Å². The summed E-state index contributed by atoms with van der Waals surface area (Å²) >= 11 is 6.42. The molecule has 0 aromatic heterocycles. The highest BCUT2D eigenvalue weighted by Gasteiger charge is 2.30. The predicted molar refractivity (Wildman–Crippen MR) is 395 cm³/mol. The van der Waals surface area contributed by atoms with E-state index >= 15 is 0 Å². The number of Topliss-reactive ketones (excluding diaryl/α,β-unsaturated/α-hetero) is 2. The van der Waals surface area contributed by atoms with Crippen LogP contribution in [0.1, 0.15) is 131 Å². The number of ether oxygens (including phenoxy) is 2. The van der Waals surface area contributed by atoms with E-state index in [1.807, 2.05) is 50.3 Å². The second-order valence-corrected chi connectivity index (χ2v) is 25.6. The van der Waals surface area contributed by atoms with E-state index in [1.54, 1.807) is 6.92 Å². The van der Waals surface area contributed by atoms with Crippen molar-refractivity contribution < 1.29 is 39.2 Å². The van der Waals surface area contributed by atoms with Gasteiger partial charge >= 0.3 is 5.97 Å². The summed E-state index contributed by atoms with van der Waals surface area (Å²) in [6.07, 6.45) is 17.6. The van der Waals surface area contributed by atoms with Crippen LogP contribution in [0.15, 0.2) is 188 Å². The van der Waals surface area contributed by atoms with E-state index in [1.165, 1.54) is 79.2 Å². The van der Waals surface area contributed by atoms with Gasteiger partial charge in [-0.05, 0) is 230 Å². The molecule has 0 radical (unpaired) electrons. The van der Waals surface area contributed by atoms with Gasteiger partial charge in [0.1, 0.15) is 24.8 Å². The van der Waals surface area contributed by atoms with Crippen LogP contribution in [-0.2, 0) is 33.6 Å². The van der Waals surface area contributed by atoms with E-state index in [-0.39, 0.29) is 36.6 Å². The highest BCUT2D eigenvalue weighted by Crippen LogP contribution is 2.37. The number of aliphatic hydroxyl groups excluding tert-OH is 2. The zero-order valence-electron chi connectivity index (χ0n) is 56.6. The number of aryl methyl sites for hydroxylation is 5. The lowest BCUT2D eigenvalue weighted by Crippen LogP contribution is -2.27. The van der Waals surface area contributed by atoms with Crippen molar-refractivity contribution in [1.29, 1.82) is 0 Å². The fourth-order valence-electron chi connectivity index (χ4n) is 11.7. The van der Waals surface area contributed by atoms with Crippen LogP contribution in [0.2, 0.25) is 5.02 Å². The van der Waals surface area contributed by atoms with Gasteiger partial charge in [-0.25, -0.2) is 0 Å². The van der Waals surface area contributed by atoms with Crippen LogP contribution in [0.3, 0.4) is 0 Å². The number of halogens is 1. The quantitative estimate of drug-likeness (QED) is 0.0510. The smallest absolute Gasteiger partial charge is 0.309 e. The molecular formula is C86H91ClO8. The molecule has 3 N–H and O–H groups in total. The zero-order valence-corrected chi connectivity index (χ0v) is 57.3. The molecular weight excluding hydrogens is 1200 g/mol. The molecule has 8 nitrogen and oxygen atoms in total. The molecule has 0 bridgehead atoms. The number of hydrogen-bond acceptors (Lipinski definition) is 7. The maximum absolute atomic E-state index is 11.7. The standard InChI is InChI=1S/C31H34O4.C28H30O2.C27H27ClO2/c1-5-31(4,30(32)33)16-15-23-10-9-21(2)25(19-23)12-11-24-7-6-8-27(22(24)3)26-13-14-28-29(20-26)35-18-17-34-28;1-20-12-13-23(14-15-27(19-29)22(3)30)18-26(20)17-16-24-10-7-11-28(21(24)2)25-8-5-4-6-9-25;1-19-22(9-6-10-26(19)23-7-4-3-5-8-23)14-15-24-17-21(12-16-27(24)28)11-13-25(18-29)20(2)30/h6-14,19-20H,5,15-18H2,1-4H3,(H,32,33);4-13,16-18,27,29H,14-15,19H2,1-3H3;3-10,12,14-17,25,29H,11,13,18H2,1-2H3. The fraction of sp³-hybridized carbons (Fsp3) is 0.267. The molecule has 1 aliphatic heterocycles. The third-order valence-corrected chi connectivity index (χ3v) is 19.0. The fourth-order valence-corrected chi connectivity index (χ4v) is 11.9. The van der Waals surface area contributed by atoms with Gasteiger partial charge in [0.15, 0.2) is 11.5 Å². The van der Waals surface area contributed by atoms with Crippen molar-refractivity contribution in [3.05, 3.63) is 271 Å². The molecule has 95 heavy (non-hydrogen) atoms. The molecule has 0 spiro atoms. The first-order valence-corrected chi connectivity index (χ1v) is 33.4. The van der Waals surface area contributed by atoms with Gasteiger partial charge in [-0.15, -0.1) is 0 Å². The Bertz CT molecular complexity index is 4010. The highest BCUT2D eigenvalue weighted by molar-refractivity contribution is 6.32. The van der Waals surface area contributed by atoms with E-state index in [0.29, 0.717) is 43.9 Å². The van der Waals surface area contributed by atoms with Crippen molar-refractivity contribution in [1.82, 2.24) is 0 Å². The summed E-state index contributed by atoms with van der Waals surface area (Å²) in [5.41, 5.74) is 22.9. The summed E-state index contributed by atoms with van der Waals surface area (Å²) < 4.78 is 11.4. The molecule has 0 saturated carbocycles. The Morgan fingerprint density at radius 3 is 1.29 bits per heavy atom. The molecule has 0 aliphatic carbocycles. The molecule has 9 aromatic rings. The molecule has 3 unspecified atom stereocenters. The first kappa shape index (κ1) is 71.7. The van der Waals surface area contributed by atoms with Crippen LogP contribution in [0.4, 0.5) is 0 Å². The van der Waals surface area contributed by atoms with Crippen molar-refractivity contribution in [2.45, 2.75) is 107 Å². The Balaban J connectivity index is 0.000000183. The topological polar surface area (TPSA) is 130 Å².